The average Bonchev–Trinajstić information content (AvgIpc) is 3.03. The van der Waals surface area contributed by atoms with Crippen molar-refractivity contribution in [1.82, 2.24) is 15.2 Å². The highest BCUT2D eigenvalue weighted by Crippen LogP contribution is 2.22. The number of hydrogen-bond acceptors (Lipinski definition) is 6. The molecule has 1 aromatic carbocycles. The van der Waals surface area contributed by atoms with Gasteiger partial charge in [0.15, 0.2) is 0 Å². The van der Waals surface area contributed by atoms with Crippen molar-refractivity contribution in [3.63, 3.8) is 0 Å². The van der Waals surface area contributed by atoms with Gasteiger partial charge in [-0.1, -0.05) is 23.9 Å². The number of anilines is 1. The van der Waals surface area contributed by atoms with Crippen LogP contribution in [0.2, 0.25) is 0 Å². The molecule has 1 N–H and O–H groups in total. The summed E-state index contributed by atoms with van der Waals surface area (Å²) in [5.74, 6) is 0.462. The number of aromatic nitrogens is 3. The van der Waals surface area contributed by atoms with E-state index in [0.29, 0.717) is 11.1 Å². The zero-order valence-corrected chi connectivity index (χ0v) is 13.2. The van der Waals surface area contributed by atoms with Crippen molar-refractivity contribution in [3.05, 3.63) is 54.4 Å². The van der Waals surface area contributed by atoms with Crippen LogP contribution in [0.5, 0.6) is 0 Å². The number of pyridine rings is 1. The number of nitrogens with zero attached hydrogens (tertiary/aromatic N) is 3. The Kier molecular flexibility index (Phi) is 4.68. The highest BCUT2D eigenvalue weighted by molar-refractivity contribution is 7.99. The number of benzene rings is 1. The number of thioether (sulfide) groups is 1. The van der Waals surface area contributed by atoms with Gasteiger partial charge >= 0.3 is 0 Å². The molecule has 0 spiro atoms. The summed E-state index contributed by atoms with van der Waals surface area (Å²) in [6, 6.07) is 11.3. The minimum Gasteiger partial charge on any atom is -0.411 e. The van der Waals surface area contributed by atoms with Crippen molar-refractivity contribution in [1.29, 1.82) is 0 Å². The SMILES string of the molecule is Cc1cccc(NC(=O)CSc2nnc(-c3cccnc3)o2)c1. The third-order valence-electron chi connectivity index (χ3n) is 2.94. The number of aryl methyl sites for hydroxylation is 1. The summed E-state index contributed by atoms with van der Waals surface area (Å²) in [5.41, 5.74) is 2.61. The Bertz CT molecular complexity index is 805. The maximum Gasteiger partial charge on any atom is 0.277 e. The van der Waals surface area contributed by atoms with Gasteiger partial charge < -0.3 is 9.73 Å². The molecular weight excluding hydrogens is 312 g/mol. The molecule has 0 saturated heterocycles. The van der Waals surface area contributed by atoms with E-state index < -0.39 is 0 Å². The topological polar surface area (TPSA) is 80.9 Å². The number of hydrogen-bond donors (Lipinski definition) is 1. The summed E-state index contributed by atoms with van der Waals surface area (Å²) in [7, 11) is 0. The quantitative estimate of drug-likeness (QED) is 0.725. The van der Waals surface area contributed by atoms with Crippen molar-refractivity contribution in [3.8, 4) is 11.5 Å². The highest BCUT2D eigenvalue weighted by Gasteiger charge is 2.11. The molecule has 0 aliphatic heterocycles. The van der Waals surface area contributed by atoms with Crippen molar-refractivity contribution in [2.75, 3.05) is 11.1 Å². The maximum absolute atomic E-state index is 11.9. The number of carbonyl (C=O) groups is 1. The second-order valence-electron chi connectivity index (χ2n) is 4.82. The zero-order chi connectivity index (χ0) is 16.1. The molecule has 0 saturated carbocycles. The molecule has 7 heteroatoms. The fourth-order valence-corrected chi connectivity index (χ4v) is 2.48. The molecule has 0 bridgehead atoms. The second-order valence-corrected chi connectivity index (χ2v) is 5.75. The first-order chi connectivity index (χ1) is 11.2. The van der Waals surface area contributed by atoms with E-state index in [1.54, 1.807) is 18.5 Å². The largest absolute Gasteiger partial charge is 0.411 e. The van der Waals surface area contributed by atoms with Gasteiger partial charge in [-0.3, -0.25) is 9.78 Å². The summed E-state index contributed by atoms with van der Waals surface area (Å²) in [4.78, 5) is 15.9. The molecule has 0 aliphatic rings. The summed E-state index contributed by atoms with van der Waals surface area (Å²) in [5, 5.41) is 11.1. The van der Waals surface area contributed by atoms with Crippen molar-refractivity contribution < 1.29 is 9.21 Å². The van der Waals surface area contributed by atoms with E-state index in [1.165, 1.54) is 11.8 Å². The van der Waals surface area contributed by atoms with E-state index in [2.05, 4.69) is 20.5 Å². The van der Waals surface area contributed by atoms with Gasteiger partial charge in [-0.2, -0.15) is 0 Å². The van der Waals surface area contributed by atoms with Crippen LogP contribution in [0.25, 0.3) is 11.5 Å². The first kappa shape index (κ1) is 15.2. The zero-order valence-electron chi connectivity index (χ0n) is 12.4. The number of nitrogens with one attached hydrogen (secondary N) is 1. The first-order valence-electron chi connectivity index (χ1n) is 6.94. The summed E-state index contributed by atoms with van der Waals surface area (Å²) in [6.45, 7) is 1.98. The minimum atomic E-state index is -0.123. The van der Waals surface area contributed by atoms with Gasteiger partial charge in [0.1, 0.15) is 0 Å². The smallest absolute Gasteiger partial charge is 0.277 e. The monoisotopic (exact) mass is 326 g/mol. The fourth-order valence-electron chi connectivity index (χ4n) is 1.92. The van der Waals surface area contributed by atoms with Crippen LogP contribution in [0.1, 0.15) is 5.56 Å². The lowest BCUT2D eigenvalue weighted by molar-refractivity contribution is -0.113. The van der Waals surface area contributed by atoms with Gasteiger partial charge in [0.2, 0.25) is 11.8 Å². The van der Waals surface area contributed by atoms with E-state index in [1.807, 2.05) is 37.3 Å². The van der Waals surface area contributed by atoms with Gasteiger partial charge in [0, 0.05) is 18.1 Å². The number of rotatable bonds is 5. The van der Waals surface area contributed by atoms with Gasteiger partial charge in [-0.25, -0.2) is 0 Å². The second kappa shape index (κ2) is 7.06. The lowest BCUT2D eigenvalue weighted by Gasteiger charge is -2.04. The van der Waals surface area contributed by atoms with E-state index in [0.717, 1.165) is 16.8 Å². The van der Waals surface area contributed by atoms with E-state index in [4.69, 9.17) is 4.42 Å². The Morgan fingerprint density at radius 1 is 1.26 bits per heavy atom. The summed E-state index contributed by atoms with van der Waals surface area (Å²) >= 11 is 1.19. The minimum absolute atomic E-state index is 0.123. The Morgan fingerprint density at radius 2 is 2.17 bits per heavy atom. The standard InChI is InChI=1S/C16H14N4O2S/c1-11-4-2-6-13(8-11)18-14(21)10-23-16-20-19-15(22-16)12-5-3-7-17-9-12/h2-9H,10H2,1H3,(H,18,21). The lowest BCUT2D eigenvalue weighted by Crippen LogP contribution is -2.13. The van der Waals surface area contributed by atoms with Crippen LogP contribution >= 0.6 is 11.8 Å². The van der Waals surface area contributed by atoms with Crippen LogP contribution < -0.4 is 5.32 Å². The Labute approximate surface area is 137 Å². The molecule has 23 heavy (non-hydrogen) atoms. The van der Waals surface area contributed by atoms with Crippen molar-refractivity contribution in [2.45, 2.75) is 12.1 Å². The predicted octanol–water partition coefficient (Wildman–Crippen LogP) is 3.17. The molecule has 3 aromatic rings. The van der Waals surface area contributed by atoms with Crippen LogP contribution in [0, 0.1) is 6.92 Å². The molecule has 6 nitrogen and oxygen atoms in total. The van der Waals surface area contributed by atoms with Gasteiger partial charge in [0.05, 0.1) is 11.3 Å². The molecule has 1 amide bonds. The molecule has 0 fully saturated rings. The highest BCUT2D eigenvalue weighted by atomic mass is 32.2. The number of carbonyl (C=O) groups excluding carboxylic acids is 1. The Hall–Kier alpha value is -2.67. The Balaban J connectivity index is 1.56. The molecule has 116 valence electrons. The van der Waals surface area contributed by atoms with Crippen LogP contribution in [-0.4, -0.2) is 26.8 Å². The van der Waals surface area contributed by atoms with Crippen LogP contribution in [0.15, 0.2) is 58.4 Å². The number of amides is 1. The average molecular weight is 326 g/mol. The molecule has 0 unspecified atom stereocenters. The molecule has 0 radical (unpaired) electrons. The predicted molar refractivity (Wildman–Crippen MR) is 88.1 cm³/mol. The fraction of sp³-hybridized carbons (Fsp3) is 0.125. The maximum atomic E-state index is 11.9. The normalized spacial score (nSPS) is 10.5. The van der Waals surface area contributed by atoms with Crippen molar-refractivity contribution in [2.24, 2.45) is 0 Å². The molecular formula is C16H14N4O2S. The molecule has 2 aromatic heterocycles. The van der Waals surface area contributed by atoms with Crippen molar-refractivity contribution >= 4 is 23.4 Å². The van der Waals surface area contributed by atoms with Gasteiger partial charge in [-0.15, -0.1) is 10.2 Å². The lowest BCUT2D eigenvalue weighted by atomic mass is 10.2. The third-order valence-corrected chi connectivity index (χ3v) is 3.76. The Morgan fingerprint density at radius 3 is 2.96 bits per heavy atom. The van der Waals surface area contributed by atoms with Crippen LogP contribution in [0.4, 0.5) is 5.69 Å². The summed E-state index contributed by atoms with van der Waals surface area (Å²) in [6.07, 6.45) is 3.32. The summed E-state index contributed by atoms with van der Waals surface area (Å²) < 4.78 is 5.51. The first-order valence-corrected chi connectivity index (χ1v) is 7.92. The molecule has 3 rings (SSSR count). The van der Waals surface area contributed by atoms with Crippen LogP contribution in [0.3, 0.4) is 0 Å². The molecule has 0 aliphatic carbocycles. The van der Waals surface area contributed by atoms with E-state index in [9.17, 15) is 4.79 Å². The molecule has 2 heterocycles. The van der Waals surface area contributed by atoms with E-state index >= 15 is 0 Å². The third kappa shape index (κ3) is 4.17. The van der Waals surface area contributed by atoms with Gasteiger partial charge in [0.25, 0.3) is 5.22 Å². The van der Waals surface area contributed by atoms with Crippen LogP contribution in [-0.2, 0) is 4.79 Å². The molecule has 0 atom stereocenters. The van der Waals surface area contributed by atoms with E-state index in [-0.39, 0.29) is 11.7 Å². The van der Waals surface area contributed by atoms with Gasteiger partial charge in [-0.05, 0) is 36.8 Å².